The molecule has 0 atom stereocenters. The Hall–Kier alpha value is -3.19. The average Bonchev–Trinajstić information content (AvgIpc) is 2.61. The largest absolute Gasteiger partial charge is 0.493 e. The van der Waals surface area contributed by atoms with Crippen LogP contribution < -0.4 is 15.7 Å². The van der Waals surface area contributed by atoms with Crippen LogP contribution in [0.2, 0.25) is 0 Å². The molecular weight excluding hydrogens is 314 g/mol. The standard InChI is InChI=1S/C21H19NO3/c1-5-11-22-16-12-17(24-4)20-18(13(16)2)14(3)19(21(23)25-20)15-9-7-6-8-10-15/h1,6-10,12,22H,11H2,2-4H3. The number of hydrogen-bond acceptors (Lipinski definition) is 4. The highest BCUT2D eigenvalue weighted by Crippen LogP contribution is 2.37. The summed E-state index contributed by atoms with van der Waals surface area (Å²) in [6.45, 7) is 4.30. The Balaban J connectivity index is 2.39. The maximum absolute atomic E-state index is 12.6. The Bertz CT molecular complexity index is 1030. The molecule has 2 aromatic carbocycles. The van der Waals surface area contributed by atoms with E-state index in [1.807, 2.05) is 44.2 Å². The lowest BCUT2D eigenvalue weighted by Gasteiger charge is -2.16. The third-order valence-electron chi connectivity index (χ3n) is 4.32. The van der Waals surface area contributed by atoms with Gasteiger partial charge in [0.25, 0.3) is 0 Å². The summed E-state index contributed by atoms with van der Waals surface area (Å²) in [5.74, 6) is 3.06. The van der Waals surface area contributed by atoms with Gasteiger partial charge in [-0.3, -0.25) is 0 Å². The van der Waals surface area contributed by atoms with Crippen molar-refractivity contribution >= 4 is 16.7 Å². The van der Waals surface area contributed by atoms with Gasteiger partial charge in [-0.1, -0.05) is 36.3 Å². The fourth-order valence-electron chi connectivity index (χ4n) is 3.13. The molecule has 4 heteroatoms. The van der Waals surface area contributed by atoms with Crippen molar-refractivity contribution < 1.29 is 9.15 Å². The van der Waals surface area contributed by atoms with Crippen molar-refractivity contribution in [2.75, 3.05) is 19.0 Å². The van der Waals surface area contributed by atoms with E-state index in [1.165, 1.54) is 0 Å². The number of aryl methyl sites for hydroxylation is 2. The van der Waals surface area contributed by atoms with Crippen LogP contribution in [0.1, 0.15) is 11.1 Å². The first-order valence-corrected chi connectivity index (χ1v) is 7.96. The van der Waals surface area contributed by atoms with Crippen molar-refractivity contribution in [3.8, 4) is 29.2 Å². The topological polar surface area (TPSA) is 51.5 Å². The Morgan fingerprint density at radius 3 is 2.56 bits per heavy atom. The Labute approximate surface area is 146 Å². The maximum atomic E-state index is 12.6. The number of ether oxygens (including phenoxy) is 1. The van der Waals surface area contributed by atoms with E-state index < -0.39 is 0 Å². The number of nitrogens with one attached hydrogen (secondary N) is 1. The number of benzene rings is 2. The Morgan fingerprint density at radius 1 is 1.20 bits per heavy atom. The van der Waals surface area contributed by atoms with Gasteiger partial charge in [0.1, 0.15) is 0 Å². The number of terminal acetylenes is 1. The predicted molar refractivity (Wildman–Crippen MR) is 101 cm³/mol. The zero-order chi connectivity index (χ0) is 18.0. The van der Waals surface area contributed by atoms with Crippen molar-refractivity contribution in [1.29, 1.82) is 0 Å². The van der Waals surface area contributed by atoms with Crippen molar-refractivity contribution in [2.24, 2.45) is 0 Å². The molecule has 126 valence electrons. The van der Waals surface area contributed by atoms with E-state index in [9.17, 15) is 4.79 Å². The molecule has 0 amide bonds. The molecule has 4 nitrogen and oxygen atoms in total. The van der Waals surface area contributed by atoms with Gasteiger partial charge in [0.05, 0.1) is 19.2 Å². The van der Waals surface area contributed by atoms with Gasteiger partial charge in [-0.25, -0.2) is 4.79 Å². The molecule has 0 unspecified atom stereocenters. The van der Waals surface area contributed by atoms with Crippen molar-refractivity contribution in [3.63, 3.8) is 0 Å². The zero-order valence-electron chi connectivity index (χ0n) is 14.5. The molecule has 0 aliphatic heterocycles. The lowest BCUT2D eigenvalue weighted by atomic mass is 9.96. The summed E-state index contributed by atoms with van der Waals surface area (Å²) in [5, 5.41) is 4.05. The lowest BCUT2D eigenvalue weighted by molar-refractivity contribution is 0.407. The normalized spacial score (nSPS) is 10.5. The van der Waals surface area contributed by atoms with Crippen molar-refractivity contribution in [1.82, 2.24) is 0 Å². The van der Waals surface area contributed by atoms with E-state index in [2.05, 4.69) is 11.2 Å². The van der Waals surface area contributed by atoms with Gasteiger partial charge in [0.15, 0.2) is 11.3 Å². The number of methoxy groups -OCH3 is 1. The minimum atomic E-state index is -0.377. The van der Waals surface area contributed by atoms with Crippen LogP contribution in [-0.2, 0) is 0 Å². The van der Waals surface area contributed by atoms with Gasteiger partial charge >= 0.3 is 5.63 Å². The monoisotopic (exact) mass is 333 g/mol. The highest BCUT2D eigenvalue weighted by molar-refractivity contribution is 5.96. The first kappa shape index (κ1) is 16.7. The van der Waals surface area contributed by atoms with E-state index >= 15 is 0 Å². The van der Waals surface area contributed by atoms with E-state index in [0.29, 0.717) is 23.4 Å². The first-order chi connectivity index (χ1) is 12.1. The molecule has 3 rings (SSSR count). The average molecular weight is 333 g/mol. The van der Waals surface area contributed by atoms with Crippen molar-refractivity contribution in [2.45, 2.75) is 13.8 Å². The fraction of sp³-hybridized carbons (Fsp3) is 0.190. The second-order valence-electron chi connectivity index (χ2n) is 5.77. The highest BCUT2D eigenvalue weighted by atomic mass is 16.5. The molecule has 1 heterocycles. The van der Waals surface area contributed by atoms with E-state index in [0.717, 1.165) is 27.8 Å². The molecule has 0 bridgehead atoms. The molecule has 0 aliphatic rings. The molecule has 0 saturated carbocycles. The maximum Gasteiger partial charge on any atom is 0.344 e. The lowest BCUT2D eigenvalue weighted by Crippen LogP contribution is -2.09. The van der Waals surface area contributed by atoms with E-state index in [1.54, 1.807) is 13.2 Å². The van der Waals surface area contributed by atoms with Crippen LogP contribution in [0.25, 0.3) is 22.1 Å². The summed E-state index contributed by atoms with van der Waals surface area (Å²) in [4.78, 5) is 12.6. The fourth-order valence-corrected chi connectivity index (χ4v) is 3.13. The summed E-state index contributed by atoms with van der Waals surface area (Å²) in [7, 11) is 1.55. The third-order valence-corrected chi connectivity index (χ3v) is 4.32. The number of rotatable bonds is 4. The van der Waals surface area contributed by atoms with Crippen LogP contribution in [0.3, 0.4) is 0 Å². The second kappa shape index (κ2) is 6.74. The van der Waals surface area contributed by atoms with Gasteiger partial charge in [-0.15, -0.1) is 6.42 Å². The molecule has 0 saturated heterocycles. The van der Waals surface area contributed by atoms with Crippen LogP contribution in [0.4, 0.5) is 5.69 Å². The van der Waals surface area contributed by atoms with E-state index in [4.69, 9.17) is 15.6 Å². The summed E-state index contributed by atoms with van der Waals surface area (Å²) in [6.07, 6.45) is 5.36. The van der Waals surface area contributed by atoms with Crippen LogP contribution in [0.5, 0.6) is 5.75 Å². The molecule has 0 spiro atoms. The molecular formula is C21H19NO3. The van der Waals surface area contributed by atoms with Gasteiger partial charge in [-0.05, 0) is 30.5 Å². The Morgan fingerprint density at radius 2 is 1.92 bits per heavy atom. The minimum absolute atomic E-state index is 0.377. The SMILES string of the molecule is C#CCNc1cc(OC)c2oc(=O)c(-c3ccccc3)c(C)c2c1C. The molecule has 25 heavy (non-hydrogen) atoms. The van der Waals surface area contributed by atoms with Gasteiger partial charge in [0.2, 0.25) is 0 Å². The smallest absolute Gasteiger partial charge is 0.344 e. The third kappa shape index (κ3) is 2.85. The van der Waals surface area contributed by atoms with Crippen LogP contribution in [-0.4, -0.2) is 13.7 Å². The number of anilines is 1. The summed E-state index contributed by atoms with van der Waals surface area (Å²) in [5.41, 5.74) is 4.15. The van der Waals surface area contributed by atoms with Crippen molar-refractivity contribution in [3.05, 3.63) is 57.9 Å². The number of fused-ring (bicyclic) bond motifs is 1. The molecule has 0 fully saturated rings. The summed E-state index contributed by atoms with van der Waals surface area (Å²) < 4.78 is 11.1. The molecule has 3 aromatic rings. The summed E-state index contributed by atoms with van der Waals surface area (Å²) >= 11 is 0. The van der Waals surface area contributed by atoms with Gasteiger partial charge in [0, 0.05) is 17.1 Å². The van der Waals surface area contributed by atoms with Crippen LogP contribution >= 0.6 is 0 Å². The van der Waals surface area contributed by atoms with Gasteiger partial charge < -0.3 is 14.5 Å². The molecule has 1 N–H and O–H groups in total. The molecule has 0 aliphatic carbocycles. The first-order valence-electron chi connectivity index (χ1n) is 7.96. The minimum Gasteiger partial charge on any atom is -0.493 e. The second-order valence-corrected chi connectivity index (χ2v) is 5.77. The Kier molecular flexibility index (Phi) is 4.49. The van der Waals surface area contributed by atoms with Gasteiger partial charge in [-0.2, -0.15) is 0 Å². The molecule has 0 radical (unpaired) electrons. The number of hydrogen-bond donors (Lipinski definition) is 1. The molecule has 1 aromatic heterocycles. The predicted octanol–water partition coefficient (Wildman–Crippen LogP) is 4.13. The quantitative estimate of drug-likeness (QED) is 0.576. The van der Waals surface area contributed by atoms with Crippen LogP contribution in [0, 0.1) is 26.2 Å². The zero-order valence-corrected chi connectivity index (χ0v) is 14.5. The van der Waals surface area contributed by atoms with E-state index in [-0.39, 0.29) is 5.63 Å². The van der Waals surface area contributed by atoms with Crippen LogP contribution in [0.15, 0.2) is 45.6 Å². The highest BCUT2D eigenvalue weighted by Gasteiger charge is 2.19. The summed E-state index contributed by atoms with van der Waals surface area (Å²) in [6, 6.07) is 11.3.